The third-order valence-electron chi connectivity index (χ3n) is 5.09. The van der Waals surface area contributed by atoms with Crippen LogP contribution in [0.25, 0.3) is 11.0 Å². The molecule has 0 saturated heterocycles. The van der Waals surface area contributed by atoms with Gasteiger partial charge in [0.25, 0.3) is 0 Å². The summed E-state index contributed by atoms with van der Waals surface area (Å²) in [6, 6.07) is 19.6. The molecule has 1 unspecified atom stereocenters. The number of benzene rings is 2. The molecule has 0 aliphatic carbocycles. The van der Waals surface area contributed by atoms with Crippen LogP contribution in [0.2, 0.25) is 0 Å². The second-order valence-electron chi connectivity index (χ2n) is 7.21. The number of para-hydroxylation sites is 1. The molecule has 5 heteroatoms. The van der Waals surface area contributed by atoms with E-state index in [1.165, 1.54) is 0 Å². The average molecular weight is 402 g/mol. The molecule has 1 atom stereocenters. The van der Waals surface area contributed by atoms with E-state index in [9.17, 15) is 0 Å². The van der Waals surface area contributed by atoms with Gasteiger partial charge in [0.15, 0.2) is 0 Å². The van der Waals surface area contributed by atoms with Gasteiger partial charge < -0.3 is 19.6 Å². The number of aromatic nitrogens is 1. The molecule has 154 valence electrons. The summed E-state index contributed by atoms with van der Waals surface area (Å²) in [6.45, 7) is 3.04. The molecule has 4 aromatic rings. The van der Waals surface area contributed by atoms with Gasteiger partial charge in [-0.2, -0.15) is 0 Å². The minimum atomic E-state index is -0.232. The zero-order chi connectivity index (χ0) is 20.8. The van der Waals surface area contributed by atoms with Gasteiger partial charge in [-0.25, -0.2) is 0 Å². The van der Waals surface area contributed by atoms with Gasteiger partial charge in [-0.15, -0.1) is 0 Å². The molecule has 0 radical (unpaired) electrons. The first-order valence-corrected chi connectivity index (χ1v) is 10.2. The molecule has 2 aromatic heterocycles. The fraction of sp³-hybridized carbons (Fsp3) is 0.240. The normalized spacial score (nSPS) is 12.1. The standard InChI is InChI=1S/C25H26N2O3/c1-18-17-29-21-11-5-12-22(24(18)21)30-23(25-19(16-26)8-6-14-27-25)13-7-15-28-20-9-3-2-4-10-20/h2-6,8-12,14,17,23H,7,13,15-16,26H2,1H3. The minimum absolute atomic E-state index is 0.232. The number of hydrogen-bond donors (Lipinski definition) is 1. The van der Waals surface area contributed by atoms with E-state index in [2.05, 4.69) is 4.98 Å². The molecule has 0 fully saturated rings. The molecule has 0 spiro atoms. The predicted molar refractivity (Wildman–Crippen MR) is 118 cm³/mol. The van der Waals surface area contributed by atoms with Crippen LogP contribution >= 0.6 is 0 Å². The van der Waals surface area contributed by atoms with Crippen molar-refractivity contribution >= 4 is 11.0 Å². The molecule has 0 amide bonds. The Morgan fingerprint density at radius 2 is 1.90 bits per heavy atom. The van der Waals surface area contributed by atoms with E-state index in [1.807, 2.05) is 67.6 Å². The summed E-state index contributed by atoms with van der Waals surface area (Å²) in [7, 11) is 0. The van der Waals surface area contributed by atoms with E-state index in [0.29, 0.717) is 13.2 Å². The molecule has 0 aliphatic rings. The molecule has 0 bridgehead atoms. The van der Waals surface area contributed by atoms with E-state index < -0.39 is 0 Å². The summed E-state index contributed by atoms with van der Waals surface area (Å²) in [5, 5.41) is 0.994. The van der Waals surface area contributed by atoms with Crippen molar-refractivity contribution < 1.29 is 13.9 Å². The first-order valence-electron chi connectivity index (χ1n) is 10.2. The zero-order valence-electron chi connectivity index (χ0n) is 17.1. The lowest BCUT2D eigenvalue weighted by Gasteiger charge is -2.21. The highest BCUT2D eigenvalue weighted by atomic mass is 16.5. The molecule has 30 heavy (non-hydrogen) atoms. The van der Waals surface area contributed by atoms with Crippen molar-refractivity contribution in [2.24, 2.45) is 5.73 Å². The number of nitrogens with two attached hydrogens (primary N) is 1. The summed E-state index contributed by atoms with van der Waals surface area (Å²) >= 11 is 0. The van der Waals surface area contributed by atoms with E-state index >= 15 is 0 Å². The van der Waals surface area contributed by atoms with Crippen LogP contribution in [-0.4, -0.2) is 11.6 Å². The second kappa shape index (κ2) is 9.46. The molecule has 5 nitrogen and oxygen atoms in total. The Morgan fingerprint density at radius 3 is 2.73 bits per heavy atom. The lowest BCUT2D eigenvalue weighted by Crippen LogP contribution is -2.15. The van der Waals surface area contributed by atoms with Crippen LogP contribution in [0, 0.1) is 6.92 Å². The van der Waals surface area contributed by atoms with Gasteiger partial charge in [-0.05, 0) is 61.2 Å². The first-order chi connectivity index (χ1) is 14.8. The van der Waals surface area contributed by atoms with Gasteiger partial charge in [0.1, 0.15) is 23.2 Å². The van der Waals surface area contributed by atoms with Crippen molar-refractivity contribution in [3.63, 3.8) is 0 Å². The van der Waals surface area contributed by atoms with E-state index in [0.717, 1.165) is 52.1 Å². The summed E-state index contributed by atoms with van der Waals surface area (Å²) in [6.07, 6.45) is 4.88. The highest BCUT2D eigenvalue weighted by molar-refractivity contribution is 5.87. The highest BCUT2D eigenvalue weighted by Crippen LogP contribution is 2.34. The van der Waals surface area contributed by atoms with Crippen LogP contribution < -0.4 is 15.2 Å². The van der Waals surface area contributed by atoms with Gasteiger partial charge in [0.2, 0.25) is 0 Å². The number of aryl methyl sites for hydroxylation is 1. The van der Waals surface area contributed by atoms with Crippen molar-refractivity contribution in [2.45, 2.75) is 32.4 Å². The second-order valence-corrected chi connectivity index (χ2v) is 7.21. The number of ether oxygens (including phenoxy) is 2. The van der Waals surface area contributed by atoms with Gasteiger partial charge in [0.05, 0.1) is 24.0 Å². The fourth-order valence-electron chi connectivity index (χ4n) is 3.60. The number of furan rings is 1. The summed E-state index contributed by atoms with van der Waals surface area (Å²) in [5.74, 6) is 1.66. The average Bonchev–Trinajstić information content (AvgIpc) is 3.18. The van der Waals surface area contributed by atoms with Crippen molar-refractivity contribution in [3.8, 4) is 11.5 Å². The maximum Gasteiger partial charge on any atom is 0.141 e. The predicted octanol–water partition coefficient (Wildman–Crippen LogP) is 5.57. The summed E-state index contributed by atoms with van der Waals surface area (Å²) in [4.78, 5) is 4.60. The topological polar surface area (TPSA) is 70.5 Å². The Kier molecular flexibility index (Phi) is 6.30. The Hall–Kier alpha value is -3.31. The quantitative estimate of drug-likeness (QED) is 0.370. The van der Waals surface area contributed by atoms with Gasteiger partial charge in [-0.3, -0.25) is 4.98 Å². The number of pyridine rings is 1. The van der Waals surface area contributed by atoms with Gasteiger partial charge in [0, 0.05) is 12.7 Å². The summed E-state index contributed by atoms with van der Waals surface area (Å²) in [5.41, 5.74) is 9.70. The number of hydrogen-bond acceptors (Lipinski definition) is 5. The number of nitrogens with zero attached hydrogens (tertiary/aromatic N) is 1. The lowest BCUT2D eigenvalue weighted by atomic mass is 10.0. The Morgan fingerprint density at radius 1 is 1.03 bits per heavy atom. The Labute approximate surface area is 176 Å². The molecule has 0 saturated carbocycles. The Balaban J connectivity index is 1.55. The first kappa shape index (κ1) is 20.0. The van der Waals surface area contributed by atoms with Crippen LogP contribution in [0.3, 0.4) is 0 Å². The zero-order valence-corrected chi connectivity index (χ0v) is 17.1. The van der Waals surface area contributed by atoms with E-state index in [1.54, 1.807) is 12.5 Å². The maximum absolute atomic E-state index is 6.51. The maximum atomic E-state index is 6.51. The fourth-order valence-corrected chi connectivity index (χ4v) is 3.60. The monoisotopic (exact) mass is 402 g/mol. The van der Waals surface area contributed by atoms with Crippen LogP contribution in [0.4, 0.5) is 0 Å². The third-order valence-corrected chi connectivity index (χ3v) is 5.09. The molecular formula is C25H26N2O3. The van der Waals surface area contributed by atoms with E-state index in [4.69, 9.17) is 19.6 Å². The van der Waals surface area contributed by atoms with Gasteiger partial charge in [-0.1, -0.05) is 30.3 Å². The SMILES string of the molecule is Cc1coc2cccc(OC(CCCOc3ccccc3)c3ncccc3CN)c12. The molecule has 2 heterocycles. The van der Waals surface area contributed by atoms with Crippen LogP contribution in [0.5, 0.6) is 11.5 Å². The van der Waals surface area contributed by atoms with Crippen molar-refractivity contribution in [2.75, 3.05) is 6.61 Å². The Bertz CT molecular complexity index is 1090. The smallest absolute Gasteiger partial charge is 0.141 e. The molecule has 2 aromatic carbocycles. The van der Waals surface area contributed by atoms with Gasteiger partial charge >= 0.3 is 0 Å². The van der Waals surface area contributed by atoms with Crippen molar-refractivity contribution in [1.82, 2.24) is 4.98 Å². The van der Waals surface area contributed by atoms with E-state index in [-0.39, 0.29) is 6.10 Å². The van der Waals surface area contributed by atoms with Crippen LogP contribution in [0.1, 0.15) is 35.8 Å². The molecule has 4 rings (SSSR count). The van der Waals surface area contributed by atoms with Crippen molar-refractivity contribution in [3.05, 3.63) is 89.9 Å². The third kappa shape index (κ3) is 4.47. The van der Waals surface area contributed by atoms with Crippen molar-refractivity contribution in [1.29, 1.82) is 0 Å². The lowest BCUT2D eigenvalue weighted by molar-refractivity contribution is 0.176. The number of fused-ring (bicyclic) bond motifs is 1. The highest BCUT2D eigenvalue weighted by Gasteiger charge is 2.20. The molecule has 2 N–H and O–H groups in total. The molecule has 0 aliphatic heterocycles. The summed E-state index contributed by atoms with van der Waals surface area (Å²) < 4.78 is 18.0. The largest absolute Gasteiger partial charge is 0.494 e. The van der Waals surface area contributed by atoms with Crippen LogP contribution in [-0.2, 0) is 6.54 Å². The molecular weight excluding hydrogens is 376 g/mol. The van der Waals surface area contributed by atoms with Crippen LogP contribution in [0.15, 0.2) is 77.5 Å². The minimum Gasteiger partial charge on any atom is -0.494 e. The number of rotatable bonds is 9.